The predicted octanol–water partition coefficient (Wildman–Crippen LogP) is 0.602. The number of nitrogens with one attached hydrogen (secondary N) is 2. The topological polar surface area (TPSA) is 118 Å². The van der Waals surface area contributed by atoms with Crippen LogP contribution in [0.3, 0.4) is 0 Å². The maximum atomic E-state index is 13.8. The third-order valence-corrected chi connectivity index (χ3v) is 3.84. The predicted molar refractivity (Wildman–Crippen MR) is 93.4 cm³/mol. The van der Waals surface area contributed by atoms with Crippen LogP contribution in [0.5, 0.6) is 0 Å². The molecule has 0 aromatic heterocycles. The molecule has 3 amide bonds. The van der Waals surface area contributed by atoms with Gasteiger partial charge in [0.15, 0.2) is 0 Å². The SMILES string of the molecule is CCC(=O)CC[C@@H](NC(=O)[C@H](Cc1ccccc1F)NC(C)=O)C(N)=O. The van der Waals surface area contributed by atoms with Crippen molar-refractivity contribution in [3.05, 3.63) is 35.6 Å². The highest BCUT2D eigenvalue weighted by Gasteiger charge is 2.26. The number of hydrogen-bond donors (Lipinski definition) is 3. The third-order valence-electron chi connectivity index (χ3n) is 3.84. The maximum absolute atomic E-state index is 13.8. The van der Waals surface area contributed by atoms with Gasteiger partial charge in [0.05, 0.1) is 0 Å². The van der Waals surface area contributed by atoms with E-state index >= 15 is 0 Å². The van der Waals surface area contributed by atoms with E-state index in [1.54, 1.807) is 13.0 Å². The second kappa shape index (κ2) is 10.3. The lowest BCUT2D eigenvalue weighted by Gasteiger charge is -2.21. The zero-order valence-electron chi connectivity index (χ0n) is 14.9. The van der Waals surface area contributed by atoms with Crippen molar-refractivity contribution >= 4 is 23.5 Å². The van der Waals surface area contributed by atoms with E-state index in [-0.39, 0.29) is 30.6 Å². The molecule has 1 rings (SSSR count). The van der Waals surface area contributed by atoms with Crippen molar-refractivity contribution < 1.29 is 23.6 Å². The Labute approximate surface area is 151 Å². The monoisotopic (exact) mass is 365 g/mol. The molecule has 0 aliphatic carbocycles. The van der Waals surface area contributed by atoms with Crippen molar-refractivity contribution in [3.8, 4) is 0 Å². The Morgan fingerprint density at radius 3 is 2.31 bits per heavy atom. The fourth-order valence-electron chi connectivity index (χ4n) is 2.38. The number of rotatable bonds is 10. The van der Waals surface area contributed by atoms with E-state index in [0.29, 0.717) is 6.42 Å². The Morgan fingerprint density at radius 2 is 1.77 bits per heavy atom. The first kappa shape index (κ1) is 21.3. The minimum Gasteiger partial charge on any atom is -0.368 e. The highest BCUT2D eigenvalue weighted by Crippen LogP contribution is 2.10. The van der Waals surface area contributed by atoms with Crippen LogP contribution in [0.25, 0.3) is 0 Å². The summed E-state index contributed by atoms with van der Waals surface area (Å²) in [6.45, 7) is 2.93. The summed E-state index contributed by atoms with van der Waals surface area (Å²) in [5, 5.41) is 4.88. The molecule has 0 saturated carbocycles. The van der Waals surface area contributed by atoms with Gasteiger partial charge >= 0.3 is 0 Å². The van der Waals surface area contributed by atoms with E-state index in [0.717, 1.165) is 0 Å². The Kier molecular flexibility index (Phi) is 8.41. The quantitative estimate of drug-likeness (QED) is 0.563. The molecule has 1 aromatic carbocycles. The first-order valence-electron chi connectivity index (χ1n) is 8.36. The molecule has 0 radical (unpaired) electrons. The number of nitrogens with two attached hydrogens (primary N) is 1. The summed E-state index contributed by atoms with van der Waals surface area (Å²) < 4.78 is 13.8. The van der Waals surface area contributed by atoms with Crippen molar-refractivity contribution in [2.75, 3.05) is 0 Å². The van der Waals surface area contributed by atoms with Gasteiger partial charge in [0.25, 0.3) is 0 Å². The second-order valence-electron chi connectivity index (χ2n) is 5.94. The fourth-order valence-corrected chi connectivity index (χ4v) is 2.38. The summed E-state index contributed by atoms with van der Waals surface area (Å²) in [5.74, 6) is -2.49. The molecule has 0 fully saturated rings. The van der Waals surface area contributed by atoms with Crippen LogP contribution in [0.1, 0.15) is 38.7 Å². The molecular formula is C18H24FN3O4. The van der Waals surface area contributed by atoms with Crippen LogP contribution in [0, 0.1) is 5.82 Å². The number of halogens is 1. The summed E-state index contributed by atoms with van der Waals surface area (Å²) in [6.07, 6.45) is 0.404. The molecule has 0 spiro atoms. The lowest BCUT2D eigenvalue weighted by Crippen LogP contribution is -2.53. The Balaban J connectivity index is 2.86. The summed E-state index contributed by atoms with van der Waals surface area (Å²) in [5.41, 5.74) is 5.53. The molecular weight excluding hydrogens is 341 g/mol. The van der Waals surface area contributed by atoms with E-state index in [1.807, 2.05) is 0 Å². The zero-order chi connectivity index (χ0) is 19.7. The van der Waals surface area contributed by atoms with Gasteiger partial charge in [0.2, 0.25) is 17.7 Å². The fraction of sp³-hybridized carbons (Fsp3) is 0.444. The molecule has 0 saturated heterocycles. The van der Waals surface area contributed by atoms with Crippen molar-refractivity contribution in [2.24, 2.45) is 5.73 Å². The molecule has 0 aliphatic heterocycles. The van der Waals surface area contributed by atoms with E-state index in [2.05, 4.69) is 10.6 Å². The number of Topliss-reactive ketones (excluding diaryl/α,β-unsaturated/α-hetero) is 1. The third kappa shape index (κ3) is 7.00. The van der Waals surface area contributed by atoms with Gasteiger partial charge in [0, 0.05) is 26.2 Å². The number of carbonyl (C=O) groups excluding carboxylic acids is 4. The van der Waals surface area contributed by atoms with Crippen LogP contribution in [0.4, 0.5) is 4.39 Å². The van der Waals surface area contributed by atoms with Gasteiger partial charge in [-0.1, -0.05) is 25.1 Å². The normalized spacial score (nSPS) is 12.7. The lowest BCUT2D eigenvalue weighted by atomic mass is 10.0. The number of hydrogen-bond acceptors (Lipinski definition) is 4. The average molecular weight is 365 g/mol. The van der Waals surface area contributed by atoms with E-state index in [1.165, 1.54) is 25.1 Å². The minimum absolute atomic E-state index is 0.0599. The van der Waals surface area contributed by atoms with Gasteiger partial charge in [-0.3, -0.25) is 19.2 Å². The molecule has 0 bridgehead atoms. The van der Waals surface area contributed by atoms with Crippen molar-refractivity contribution in [3.63, 3.8) is 0 Å². The Hall–Kier alpha value is -2.77. The molecule has 7 nitrogen and oxygen atoms in total. The van der Waals surface area contributed by atoms with Crippen molar-refractivity contribution in [2.45, 2.75) is 51.6 Å². The molecule has 1 aromatic rings. The molecule has 2 atom stereocenters. The van der Waals surface area contributed by atoms with Crippen molar-refractivity contribution in [1.82, 2.24) is 10.6 Å². The summed E-state index contributed by atoms with van der Waals surface area (Å²) in [4.78, 5) is 46.8. The number of ketones is 1. The van der Waals surface area contributed by atoms with Gasteiger partial charge in [-0.15, -0.1) is 0 Å². The van der Waals surface area contributed by atoms with E-state index in [9.17, 15) is 23.6 Å². The first-order chi connectivity index (χ1) is 12.2. The summed E-state index contributed by atoms with van der Waals surface area (Å²) >= 11 is 0. The molecule has 26 heavy (non-hydrogen) atoms. The van der Waals surface area contributed by atoms with Crippen molar-refractivity contribution in [1.29, 1.82) is 0 Å². The highest BCUT2D eigenvalue weighted by molar-refractivity contribution is 5.91. The summed E-state index contributed by atoms with van der Waals surface area (Å²) in [6, 6.07) is 3.76. The smallest absolute Gasteiger partial charge is 0.243 e. The molecule has 0 heterocycles. The molecule has 0 unspecified atom stereocenters. The van der Waals surface area contributed by atoms with Crippen LogP contribution in [-0.4, -0.2) is 35.6 Å². The van der Waals surface area contributed by atoms with Crippen LogP contribution < -0.4 is 16.4 Å². The lowest BCUT2D eigenvalue weighted by molar-refractivity contribution is -0.131. The van der Waals surface area contributed by atoms with Gasteiger partial charge in [-0.05, 0) is 18.1 Å². The Bertz CT molecular complexity index is 678. The van der Waals surface area contributed by atoms with Gasteiger partial charge in [-0.2, -0.15) is 0 Å². The number of amides is 3. The zero-order valence-corrected chi connectivity index (χ0v) is 14.9. The van der Waals surface area contributed by atoms with E-state index in [4.69, 9.17) is 5.73 Å². The van der Waals surface area contributed by atoms with Crippen LogP contribution in [-0.2, 0) is 25.6 Å². The second-order valence-corrected chi connectivity index (χ2v) is 5.94. The molecule has 4 N–H and O–H groups in total. The van der Waals surface area contributed by atoms with Gasteiger partial charge < -0.3 is 16.4 Å². The first-order valence-corrected chi connectivity index (χ1v) is 8.36. The number of primary amides is 1. The van der Waals surface area contributed by atoms with Crippen LogP contribution in [0.2, 0.25) is 0 Å². The molecule has 142 valence electrons. The van der Waals surface area contributed by atoms with E-state index < -0.39 is 35.6 Å². The molecule has 0 aliphatic rings. The summed E-state index contributed by atoms with van der Waals surface area (Å²) in [7, 11) is 0. The Morgan fingerprint density at radius 1 is 1.12 bits per heavy atom. The molecule has 8 heteroatoms. The van der Waals surface area contributed by atoms with Crippen LogP contribution >= 0.6 is 0 Å². The number of benzene rings is 1. The van der Waals surface area contributed by atoms with Crippen LogP contribution in [0.15, 0.2) is 24.3 Å². The largest absolute Gasteiger partial charge is 0.368 e. The highest BCUT2D eigenvalue weighted by atomic mass is 19.1. The number of carbonyl (C=O) groups is 4. The van der Waals surface area contributed by atoms with Gasteiger partial charge in [-0.25, -0.2) is 4.39 Å². The van der Waals surface area contributed by atoms with Gasteiger partial charge in [0.1, 0.15) is 23.7 Å². The minimum atomic E-state index is -1.08. The average Bonchev–Trinajstić information content (AvgIpc) is 2.58. The maximum Gasteiger partial charge on any atom is 0.243 e. The standard InChI is InChI=1S/C18H24FN3O4/c1-3-13(24)8-9-15(17(20)25)22-18(26)16(21-11(2)23)10-12-6-4-5-7-14(12)19/h4-7,15-16H,3,8-10H2,1-2H3,(H2,20,25)(H,21,23)(H,22,26)/t15-,16+/m1/s1.